The van der Waals surface area contributed by atoms with Crippen molar-refractivity contribution in [2.24, 2.45) is 29.6 Å². The van der Waals surface area contributed by atoms with E-state index >= 15 is 0 Å². The Morgan fingerprint density at radius 2 is 1.81 bits per heavy atom. The number of alkyl halides is 5. The molecule has 0 spiro atoms. The maximum Gasteiger partial charge on any atom is 0.421 e. The van der Waals surface area contributed by atoms with E-state index in [4.69, 9.17) is 9.29 Å². The summed E-state index contributed by atoms with van der Waals surface area (Å²) in [7, 11) is -6.47. The third-order valence-corrected chi connectivity index (χ3v) is 7.69. The molecule has 2 N–H and O–H groups in total. The molecular weight excluding hydrogens is 455 g/mol. The number of ether oxygens (including phenoxy) is 2. The maximum atomic E-state index is 13.8. The van der Waals surface area contributed by atoms with Gasteiger partial charge in [-0.05, 0) is 43.9 Å². The molecule has 13 heteroatoms. The molecule has 0 aliphatic heterocycles. The van der Waals surface area contributed by atoms with Gasteiger partial charge in [0.1, 0.15) is 5.60 Å². The van der Waals surface area contributed by atoms with Crippen molar-refractivity contribution >= 4 is 16.1 Å². The first-order valence-electron chi connectivity index (χ1n) is 9.56. The summed E-state index contributed by atoms with van der Waals surface area (Å²) in [5.41, 5.74) is -0.656. The minimum absolute atomic E-state index is 0.0906. The number of rotatable bonds is 7. The third kappa shape index (κ3) is 3.87. The van der Waals surface area contributed by atoms with Gasteiger partial charge in [-0.3, -0.25) is 4.55 Å². The third-order valence-electron chi connectivity index (χ3n) is 6.79. The van der Waals surface area contributed by atoms with E-state index in [0.717, 1.165) is 0 Å². The van der Waals surface area contributed by atoms with Crippen LogP contribution in [0.1, 0.15) is 33.1 Å². The zero-order valence-corrected chi connectivity index (χ0v) is 17.4. The number of carbonyl (C=O) groups is 1. The predicted molar refractivity (Wildman–Crippen MR) is 94.0 cm³/mol. The number of halogens is 5. The van der Waals surface area contributed by atoms with Gasteiger partial charge in [0.05, 0.1) is 0 Å². The topological polar surface area (TPSA) is 110 Å². The minimum Gasteiger partial charge on any atom is -0.455 e. The molecule has 0 saturated heterocycles. The summed E-state index contributed by atoms with van der Waals surface area (Å²) in [4.78, 5) is 11.9. The van der Waals surface area contributed by atoms with Gasteiger partial charge in [-0.25, -0.2) is 4.79 Å². The Labute approximate surface area is 175 Å². The second-order valence-corrected chi connectivity index (χ2v) is 10.4. The summed E-state index contributed by atoms with van der Waals surface area (Å²) in [6.45, 7) is 6.57. The lowest BCUT2D eigenvalue weighted by molar-refractivity contribution is -0.345. The zero-order valence-electron chi connectivity index (χ0n) is 16.6. The number of carbonyl (C=O) groups excluding carboxylic acids is 1. The monoisotopic (exact) mass is 478 g/mol. The van der Waals surface area contributed by atoms with Gasteiger partial charge in [0, 0.05) is 17.4 Å². The van der Waals surface area contributed by atoms with E-state index in [1.807, 2.05) is 0 Å². The fraction of sp³-hybridized carbons (Fsp3) is 0.833. The molecule has 3 aliphatic carbocycles. The lowest BCUT2D eigenvalue weighted by Crippen LogP contribution is -2.73. The standard InChI is InChI=1S/C18H23F5O7S/c1-7(2)13(24)30-16-5-9-4-8(3)11(10(6-16)12(9)16)14(25)29-15(17(19,20)21)18(22,23)31(26,27)28/h8-12,14-15,25H,1,4-6H2,2-3H3,(H,26,27,28). The Morgan fingerprint density at radius 1 is 1.23 bits per heavy atom. The highest BCUT2D eigenvalue weighted by Crippen LogP contribution is 2.70. The van der Waals surface area contributed by atoms with Crippen molar-refractivity contribution < 1.29 is 54.3 Å². The van der Waals surface area contributed by atoms with Crippen LogP contribution in [0.5, 0.6) is 0 Å². The van der Waals surface area contributed by atoms with Crippen LogP contribution in [-0.4, -0.2) is 53.5 Å². The molecule has 0 bridgehead atoms. The molecule has 0 aromatic carbocycles. The zero-order chi connectivity index (χ0) is 23.7. The van der Waals surface area contributed by atoms with Crippen LogP contribution >= 0.6 is 0 Å². The first kappa shape index (κ1) is 24.3. The van der Waals surface area contributed by atoms with Gasteiger partial charge >= 0.3 is 27.5 Å². The van der Waals surface area contributed by atoms with Gasteiger partial charge in [0.2, 0.25) is 6.10 Å². The Bertz CT molecular complexity index is 873. The summed E-state index contributed by atoms with van der Waals surface area (Å²) in [5, 5.41) is 4.61. The molecular formula is C18H23F5O7S. The van der Waals surface area contributed by atoms with Crippen LogP contribution < -0.4 is 0 Å². The van der Waals surface area contributed by atoms with Gasteiger partial charge in [-0.1, -0.05) is 13.5 Å². The highest BCUT2D eigenvalue weighted by atomic mass is 32.2. The molecule has 8 atom stereocenters. The van der Waals surface area contributed by atoms with Crippen LogP contribution in [0, 0.1) is 29.6 Å². The molecule has 0 aromatic rings. The second kappa shape index (κ2) is 7.35. The van der Waals surface area contributed by atoms with Crippen molar-refractivity contribution in [3.63, 3.8) is 0 Å². The van der Waals surface area contributed by atoms with Crippen molar-refractivity contribution in [1.29, 1.82) is 0 Å². The SMILES string of the molecule is C=C(C)C(=O)OC12CC3CC(C)C(C(O)OC(C(F)(F)F)C(F)(F)S(=O)(=O)O)C(C1)C32. The molecule has 31 heavy (non-hydrogen) atoms. The minimum atomic E-state index is -6.47. The average Bonchev–Trinajstić information content (AvgIpc) is 2.54. The molecule has 7 nitrogen and oxygen atoms in total. The van der Waals surface area contributed by atoms with E-state index in [0.29, 0.717) is 12.8 Å². The van der Waals surface area contributed by atoms with E-state index in [9.17, 15) is 40.3 Å². The quantitative estimate of drug-likeness (QED) is 0.190. The van der Waals surface area contributed by atoms with Crippen LogP contribution in [0.25, 0.3) is 0 Å². The average molecular weight is 478 g/mol. The van der Waals surface area contributed by atoms with Crippen molar-refractivity contribution in [2.75, 3.05) is 0 Å². The molecule has 178 valence electrons. The van der Waals surface area contributed by atoms with Gasteiger partial charge in [0.25, 0.3) is 0 Å². The van der Waals surface area contributed by atoms with Crippen LogP contribution in [0.3, 0.4) is 0 Å². The highest BCUT2D eigenvalue weighted by molar-refractivity contribution is 7.86. The van der Waals surface area contributed by atoms with Crippen LogP contribution in [0.15, 0.2) is 12.2 Å². The van der Waals surface area contributed by atoms with E-state index < -0.39 is 63.3 Å². The number of aliphatic hydroxyl groups is 1. The van der Waals surface area contributed by atoms with E-state index in [2.05, 4.69) is 11.3 Å². The van der Waals surface area contributed by atoms with Gasteiger partial charge in [-0.15, -0.1) is 0 Å². The van der Waals surface area contributed by atoms with Crippen LogP contribution in [0.2, 0.25) is 0 Å². The molecule has 3 aliphatic rings. The van der Waals surface area contributed by atoms with Crippen molar-refractivity contribution in [2.45, 2.75) is 62.5 Å². The second-order valence-electron chi connectivity index (χ2n) is 8.87. The number of hydrogen-bond donors (Lipinski definition) is 2. The summed E-state index contributed by atoms with van der Waals surface area (Å²) >= 11 is 0. The van der Waals surface area contributed by atoms with E-state index in [1.54, 1.807) is 6.92 Å². The number of esters is 1. The first-order valence-corrected chi connectivity index (χ1v) is 11.0. The summed E-state index contributed by atoms with van der Waals surface area (Å²) in [6.07, 6.45) is -11.3. The van der Waals surface area contributed by atoms with Gasteiger partial charge < -0.3 is 14.6 Å². The summed E-state index contributed by atoms with van der Waals surface area (Å²) in [5.74, 6) is -2.73. The lowest BCUT2D eigenvalue weighted by Gasteiger charge is -2.71. The summed E-state index contributed by atoms with van der Waals surface area (Å²) < 4.78 is 107. The molecule has 3 fully saturated rings. The smallest absolute Gasteiger partial charge is 0.421 e. The molecule has 3 rings (SSSR count). The Balaban J connectivity index is 1.79. The molecule has 3 saturated carbocycles. The molecule has 0 amide bonds. The Kier molecular flexibility index (Phi) is 5.77. The first-order chi connectivity index (χ1) is 13.9. The van der Waals surface area contributed by atoms with E-state index in [1.165, 1.54) is 6.92 Å². The van der Waals surface area contributed by atoms with Crippen molar-refractivity contribution in [3.8, 4) is 0 Å². The van der Waals surface area contributed by atoms with Crippen molar-refractivity contribution in [3.05, 3.63) is 12.2 Å². The molecule has 0 heterocycles. The Morgan fingerprint density at radius 3 is 2.29 bits per heavy atom. The Hall–Kier alpha value is -1.31. The normalized spacial score (nSPS) is 37.0. The molecule has 8 unspecified atom stereocenters. The van der Waals surface area contributed by atoms with Crippen LogP contribution in [-0.2, 0) is 24.4 Å². The largest absolute Gasteiger partial charge is 0.455 e. The van der Waals surface area contributed by atoms with Crippen LogP contribution in [0.4, 0.5) is 22.0 Å². The summed E-state index contributed by atoms with van der Waals surface area (Å²) in [6, 6.07) is 0. The predicted octanol–water partition coefficient (Wildman–Crippen LogP) is 2.90. The highest BCUT2D eigenvalue weighted by Gasteiger charge is 2.73. The van der Waals surface area contributed by atoms with Gasteiger partial charge in [0.15, 0.2) is 6.29 Å². The van der Waals surface area contributed by atoms with E-state index in [-0.39, 0.29) is 23.8 Å². The number of aliphatic hydroxyl groups excluding tert-OH is 1. The number of hydrogen-bond acceptors (Lipinski definition) is 6. The van der Waals surface area contributed by atoms with Crippen molar-refractivity contribution in [1.82, 2.24) is 0 Å². The lowest BCUT2D eigenvalue weighted by atomic mass is 9.37. The fourth-order valence-corrected chi connectivity index (χ4v) is 6.05. The molecule has 0 radical (unpaired) electrons. The fourth-order valence-electron chi connectivity index (χ4n) is 5.59. The maximum absolute atomic E-state index is 13.8. The molecule has 0 aromatic heterocycles. The van der Waals surface area contributed by atoms with Gasteiger partial charge in [-0.2, -0.15) is 30.4 Å².